The van der Waals surface area contributed by atoms with E-state index in [0.29, 0.717) is 11.3 Å². The summed E-state index contributed by atoms with van der Waals surface area (Å²) >= 11 is 0. The lowest BCUT2D eigenvalue weighted by Crippen LogP contribution is -2.30. The molecule has 0 saturated heterocycles. The van der Waals surface area contributed by atoms with E-state index in [0.717, 1.165) is 0 Å². The molecule has 0 unspecified atom stereocenters. The standard InChI is InChI=1S/C14H13N3O3/c1-2-6-16(10-14(19)20)9-11-8-13(18)17-7-4-3-5-12(17)15-11/h1,3-5,7-8H,6,9-10H2,(H,19,20). The average Bonchev–Trinajstić information content (AvgIpc) is 2.38. The fourth-order valence-corrected chi connectivity index (χ4v) is 1.90. The maximum absolute atomic E-state index is 11.9. The van der Waals surface area contributed by atoms with Gasteiger partial charge in [0.05, 0.1) is 18.8 Å². The van der Waals surface area contributed by atoms with Gasteiger partial charge in [-0.15, -0.1) is 6.42 Å². The largest absolute Gasteiger partial charge is 0.480 e. The molecule has 2 rings (SSSR count). The van der Waals surface area contributed by atoms with Crippen molar-refractivity contribution in [2.24, 2.45) is 0 Å². The molecule has 0 amide bonds. The van der Waals surface area contributed by atoms with E-state index in [2.05, 4.69) is 10.9 Å². The minimum absolute atomic E-state index is 0.183. The van der Waals surface area contributed by atoms with Crippen molar-refractivity contribution in [2.45, 2.75) is 6.54 Å². The molecule has 6 nitrogen and oxygen atoms in total. The minimum atomic E-state index is -0.974. The summed E-state index contributed by atoms with van der Waals surface area (Å²) in [6.07, 6.45) is 6.84. The number of aromatic nitrogens is 2. The highest BCUT2D eigenvalue weighted by atomic mass is 16.4. The van der Waals surface area contributed by atoms with E-state index in [1.807, 2.05) is 0 Å². The summed E-state index contributed by atoms with van der Waals surface area (Å²) in [4.78, 5) is 28.5. The number of hydrogen-bond donors (Lipinski definition) is 1. The number of terminal acetylenes is 1. The van der Waals surface area contributed by atoms with Crippen LogP contribution in [0.2, 0.25) is 0 Å². The van der Waals surface area contributed by atoms with E-state index >= 15 is 0 Å². The van der Waals surface area contributed by atoms with Crippen LogP contribution in [0.25, 0.3) is 5.65 Å². The average molecular weight is 271 g/mol. The van der Waals surface area contributed by atoms with Gasteiger partial charge in [-0.25, -0.2) is 4.98 Å². The van der Waals surface area contributed by atoms with Crippen molar-refractivity contribution in [3.8, 4) is 12.3 Å². The molecule has 2 heterocycles. The summed E-state index contributed by atoms with van der Waals surface area (Å²) in [5, 5.41) is 8.82. The van der Waals surface area contributed by atoms with E-state index in [9.17, 15) is 9.59 Å². The molecular formula is C14H13N3O3. The first-order chi connectivity index (χ1) is 9.60. The van der Waals surface area contributed by atoms with Gasteiger partial charge in [0, 0.05) is 18.8 Å². The third-order valence-corrected chi connectivity index (χ3v) is 2.68. The van der Waals surface area contributed by atoms with Crippen molar-refractivity contribution >= 4 is 11.6 Å². The van der Waals surface area contributed by atoms with Crippen LogP contribution in [0.3, 0.4) is 0 Å². The van der Waals surface area contributed by atoms with Crippen LogP contribution in [0.15, 0.2) is 35.3 Å². The lowest BCUT2D eigenvalue weighted by molar-refractivity contribution is -0.138. The molecule has 0 fully saturated rings. The molecule has 0 saturated carbocycles. The number of carbonyl (C=O) groups is 1. The molecule has 102 valence electrons. The Bertz CT molecular complexity index is 730. The first-order valence-corrected chi connectivity index (χ1v) is 5.95. The summed E-state index contributed by atoms with van der Waals surface area (Å²) in [6.45, 7) is 0.208. The minimum Gasteiger partial charge on any atom is -0.480 e. The first-order valence-electron chi connectivity index (χ1n) is 5.95. The second-order valence-corrected chi connectivity index (χ2v) is 4.26. The summed E-state index contributed by atoms with van der Waals surface area (Å²) in [7, 11) is 0. The number of carboxylic acid groups (broad SMARTS) is 1. The van der Waals surface area contributed by atoms with Crippen LogP contribution in [0.4, 0.5) is 0 Å². The highest BCUT2D eigenvalue weighted by Gasteiger charge is 2.11. The topological polar surface area (TPSA) is 74.9 Å². The Morgan fingerprint density at radius 3 is 3.00 bits per heavy atom. The second kappa shape index (κ2) is 5.99. The summed E-state index contributed by atoms with van der Waals surface area (Å²) in [6, 6.07) is 6.62. The molecule has 0 aliphatic heterocycles. The number of fused-ring (bicyclic) bond motifs is 1. The van der Waals surface area contributed by atoms with Gasteiger partial charge in [-0.1, -0.05) is 12.0 Å². The summed E-state index contributed by atoms with van der Waals surface area (Å²) in [5.74, 6) is 1.42. The van der Waals surface area contributed by atoms with Crippen LogP contribution in [-0.2, 0) is 11.3 Å². The Hall–Kier alpha value is -2.65. The monoisotopic (exact) mass is 271 g/mol. The molecule has 20 heavy (non-hydrogen) atoms. The maximum atomic E-state index is 11.9. The number of hydrogen-bond acceptors (Lipinski definition) is 4. The highest BCUT2D eigenvalue weighted by molar-refractivity contribution is 5.69. The Labute approximate surface area is 115 Å². The zero-order valence-electron chi connectivity index (χ0n) is 10.7. The molecule has 1 N–H and O–H groups in total. The van der Waals surface area contributed by atoms with Gasteiger partial charge in [-0.2, -0.15) is 0 Å². The van der Waals surface area contributed by atoms with Crippen molar-refractivity contribution in [3.05, 3.63) is 46.5 Å². The molecule has 0 bridgehead atoms. The van der Waals surface area contributed by atoms with E-state index in [4.69, 9.17) is 11.5 Å². The third-order valence-electron chi connectivity index (χ3n) is 2.68. The van der Waals surface area contributed by atoms with Gasteiger partial charge in [0.1, 0.15) is 5.65 Å². The van der Waals surface area contributed by atoms with Crippen molar-refractivity contribution < 1.29 is 9.90 Å². The lowest BCUT2D eigenvalue weighted by atomic mass is 10.3. The van der Waals surface area contributed by atoms with Gasteiger partial charge >= 0.3 is 5.97 Å². The van der Waals surface area contributed by atoms with Crippen LogP contribution in [0.5, 0.6) is 0 Å². The number of aliphatic carboxylic acids is 1. The van der Waals surface area contributed by atoms with Gasteiger partial charge < -0.3 is 5.11 Å². The quantitative estimate of drug-likeness (QED) is 0.787. The smallest absolute Gasteiger partial charge is 0.317 e. The number of pyridine rings is 1. The van der Waals surface area contributed by atoms with Gasteiger partial charge in [0.25, 0.3) is 5.56 Å². The third kappa shape index (κ3) is 3.22. The fraction of sp³-hybridized carbons (Fsp3) is 0.214. The molecule has 0 radical (unpaired) electrons. The van der Waals surface area contributed by atoms with E-state index < -0.39 is 5.97 Å². The van der Waals surface area contributed by atoms with Gasteiger partial charge in [0.15, 0.2) is 0 Å². The van der Waals surface area contributed by atoms with Crippen LogP contribution in [-0.4, -0.2) is 38.4 Å². The second-order valence-electron chi connectivity index (χ2n) is 4.26. The first kappa shape index (κ1) is 13.8. The van der Waals surface area contributed by atoms with Gasteiger partial charge in [0.2, 0.25) is 0 Å². The van der Waals surface area contributed by atoms with Crippen molar-refractivity contribution in [1.82, 2.24) is 14.3 Å². The molecule has 0 aliphatic carbocycles. The van der Waals surface area contributed by atoms with Crippen LogP contribution < -0.4 is 5.56 Å². The van der Waals surface area contributed by atoms with Gasteiger partial charge in [-0.3, -0.25) is 18.9 Å². The molecule has 0 spiro atoms. The zero-order valence-corrected chi connectivity index (χ0v) is 10.7. The molecule has 2 aromatic heterocycles. The normalized spacial score (nSPS) is 10.6. The highest BCUT2D eigenvalue weighted by Crippen LogP contribution is 2.02. The van der Waals surface area contributed by atoms with Crippen molar-refractivity contribution in [3.63, 3.8) is 0 Å². The van der Waals surface area contributed by atoms with E-state index in [-0.39, 0.29) is 25.2 Å². The fourth-order valence-electron chi connectivity index (χ4n) is 1.90. The van der Waals surface area contributed by atoms with E-state index in [1.54, 1.807) is 24.4 Å². The number of carboxylic acids is 1. The Morgan fingerprint density at radius 2 is 2.30 bits per heavy atom. The maximum Gasteiger partial charge on any atom is 0.317 e. The SMILES string of the molecule is C#CCN(CC(=O)O)Cc1cc(=O)n2ccccc2n1. The Morgan fingerprint density at radius 1 is 1.50 bits per heavy atom. The Balaban J connectivity index is 2.30. The van der Waals surface area contributed by atoms with Crippen LogP contribution in [0.1, 0.15) is 5.69 Å². The van der Waals surface area contributed by atoms with Crippen molar-refractivity contribution in [2.75, 3.05) is 13.1 Å². The molecule has 6 heteroatoms. The number of rotatable bonds is 5. The molecule has 0 aromatic carbocycles. The predicted octanol–water partition coefficient (Wildman–Crippen LogP) is 0.214. The molecular weight excluding hydrogens is 258 g/mol. The van der Waals surface area contributed by atoms with Crippen LogP contribution in [0, 0.1) is 12.3 Å². The Kier molecular flexibility index (Phi) is 4.13. The van der Waals surface area contributed by atoms with E-state index in [1.165, 1.54) is 15.4 Å². The predicted molar refractivity (Wildman–Crippen MR) is 73.2 cm³/mol. The summed E-state index contributed by atoms with van der Waals surface area (Å²) < 4.78 is 1.42. The van der Waals surface area contributed by atoms with Crippen molar-refractivity contribution in [1.29, 1.82) is 0 Å². The molecule has 0 aliphatic rings. The number of nitrogens with zero attached hydrogens (tertiary/aromatic N) is 3. The zero-order chi connectivity index (χ0) is 14.5. The van der Waals surface area contributed by atoms with Gasteiger partial charge in [-0.05, 0) is 12.1 Å². The molecule has 2 aromatic rings. The lowest BCUT2D eigenvalue weighted by Gasteiger charge is -2.16. The van der Waals surface area contributed by atoms with Crippen LogP contribution >= 0.6 is 0 Å². The molecule has 0 atom stereocenters. The summed E-state index contributed by atoms with van der Waals surface area (Å²) in [5.41, 5.74) is 0.810.